The van der Waals surface area contributed by atoms with Gasteiger partial charge in [0.2, 0.25) is 0 Å². The number of piperidine rings is 1. The lowest BCUT2D eigenvalue weighted by atomic mass is 9.94. The highest BCUT2D eigenvalue weighted by Crippen LogP contribution is 2.24. The van der Waals surface area contributed by atoms with Gasteiger partial charge in [-0.25, -0.2) is 0 Å². The molecule has 0 saturated carbocycles. The van der Waals surface area contributed by atoms with Gasteiger partial charge in [0, 0.05) is 19.1 Å². The number of hydrogen-bond acceptors (Lipinski definition) is 3. The second kappa shape index (κ2) is 6.12. The molecule has 2 rings (SSSR count). The van der Waals surface area contributed by atoms with Gasteiger partial charge in [0.05, 0.1) is 0 Å². The molecule has 0 aromatic heterocycles. The highest BCUT2D eigenvalue weighted by atomic mass is 32.2. The van der Waals surface area contributed by atoms with Crippen LogP contribution in [0.15, 0.2) is 0 Å². The Morgan fingerprint density at radius 3 is 3.07 bits per heavy atom. The first-order chi connectivity index (χ1) is 7.40. The van der Waals surface area contributed by atoms with E-state index < -0.39 is 0 Å². The Labute approximate surface area is 98.2 Å². The van der Waals surface area contributed by atoms with Crippen LogP contribution in [-0.2, 0) is 0 Å². The molecule has 2 atom stereocenters. The molecule has 2 fully saturated rings. The Morgan fingerprint density at radius 1 is 1.33 bits per heavy atom. The summed E-state index contributed by atoms with van der Waals surface area (Å²) in [5.74, 6) is 2.29. The summed E-state index contributed by atoms with van der Waals surface area (Å²) in [4.78, 5) is 2.67. The normalized spacial score (nSPS) is 31.8. The van der Waals surface area contributed by atoms with E-state index in [2.05, 4.69) is 16.5 Å². The Balaban J connectivity index is 1.63. The van der Waals surface area contributed by atoms with Crippen LogP contribution in [0, 0.1) is 5.92 Å². The molecule has 2 aliphatic rings. The lowest BCUT2D eigenvalue weighted by molar-refractivity contribution is 0.315. The number of hydrogen-bond donors (Lipinski definition) is 1. The predicted molar refractivity (Wildman–Crippen MR) is 68.6 cm³/mol. The number of rotatable bonds is 5. The summed E-state index contributed by atoms with van der Waals surface area (Å²) in [6, 6.07) is 0.819. The van der Waals surface area contributed by atoms with Gasteiger partial charge in [-0.2, -0.15) is 11.8 Å². The summed E-state index contributed by atoms with van der Waals surface area (Å²) in [6.45, 7) is 5.25. The maximum absolute atomic E-state index is 3.67. The van der Waals surface area contributed by atoms with Crippen LogP contribution in [0.2, 0.25) is 0 Å². The minimum atomic E-state index is 0.819. The van der Waals surface area contributed by atoms with Crippen molar-refractivity contribution in [2.75, 3.05) is 38.2 Å². The maximum Gasteiger partial charge on any atom is 0.0235 e. The summed E-state index contributed by atoms with van der Waals surface area (Å²) >= 11 is 1.97. The number of likely N-dealkylation sites (tertiary alicyclic amines) is 1. The number of fused-ring (bicyclic) bond motifs is 1. The predicted octanol–water partition coefficient (Wildman–Crippen LogP) is 1.81. The zero-order valence-electron chi connectivity index (χ0n) is 9.87. The molecule has 2 nitrogen and oxygen atoms in total. The van der Waals surface area contributed by atoms with Crippen molar-refractivity contribution < 1.29 is 0 Å². The molecule has 88 valence electrons. The fourth-order valence-corrected chi connectivity index (χ4v) is 3.39. The van der Waals surface area contributed by atoms with Crippen LogP contribution in [-0.4, -0.2) is 49.1 Å². The second-order valence-electron chi connectivity index (χ2n) is 4.92. The largest absolute Gasteiger partial charge is 0.312 e. The van der Waals surface area contributed by atoms with E-state index in [1.807, 2.05) is 11.8 Å². The van der Waals surface area contributed by atoms with Gasteiger partial charge in [-0.3, -0.25) is 0 Å². The van der Waals surface area contributed by atoms with Crippen LogP contribution >= 0.6 is 11.8 Å². The first-order valence-electron chi connectivity index (χ1n) is 6.35. The molecular weight excluding hydrogens is 204 g/mol. The number of nitrogens with one attached hydrogen (secondary N) is 1. The molecule has 0 spiro atoms. The molecule has 0 radical (unpaired) electrons. The lowest BCUT2D eigenvalue weighted by Gasteiger charge is -2.24. The van der Waals surface area contributed by atoms with Gasteiger partial charge in [0.1, 0.15) is 0 Å². The summed E-state index contributed by atoms with van der Waals surface area (Å²) in [5.41, 5.74) is 0. The third-order valence-corrected chi connectivity index (χ3v) is 4.44. The van der Waals surface area contributed by atoms with Crippen molar-refractivity contribution in [3.8, 4) is 0 Å². The third-order valence-electron chi connectivity index (χ3n) is 3.75. The van der Waals surface area contributed by atoms with E-state index in [9.17, 15) is 0 Å². The number of nitrogens with zero attached hydrogens (tertiary/aromatic N) is 1. The monoisotopic (exact) mass is 228 g/mol. The molecule has 3 heteroatoms. The highest BCUT2D eigenvalue weighted by Gasteiger charge is 2.33. The van der Waals surface area contributed by atoms with Gasteiger partial charge in [0.25, 0.3) is 0 Å². The van der Waals surface area contributed by atoms with Crippen LogP contribution < -0.4 is 5.32 Å². The summed E-state index contributed by atoms with van der Waals surface area (Å²) in [6.07, 6.45) is 7.83. The van der Waals surface area contributed by atoms with Crippen molar-refractivity contribution in [2.45, 2.75) is 31.7 Å². The van der Waals surface area contributed by atoms with Gasteiger partial charge in [-0.1, -0.05) is 0 Å². The fourth-order valence-electron chi connectivity index (χ4n) is 2.90. The van der Waals surface area contributed by atoms with Crippen LogP contribution in [0.5, 0.6) is 0 Å². The zero-order chi connectivity index (χ0) is 10.5. The molecule has 0 aromatic carbocycles. The van der Waals surface area contributed by atoms with Crippen LogP contribution in [0.25, 0.3) is 0 Å². The van der Waals surface area contributed by atoms with Crippen LogP contribution in [0.4, 0.5) is 0 Å². The van der Waals surface area contributed by atoms with Crippen molar-refractivity contribution in [1.29, 1.82) is 0 Å². The quantitative estimate of drug-likeness (QED) is 0.723. The average Bonchev–Trinajstić information content (AvgIpc) is 2.67. The minimum Gasteiger partial charge on any atom is -0.312 e. The van der Waals surface area contributed by atoms with E-state index in [0.29, 0.717) is 0 Å². The maximum atomic E-state index is 3.67. The Morgan fingerprint density at radius 2 is 2.27 bits per heavy atom. The highest BCUT2D eigenvalue weighted by molar-refractivity contribution is 7.98. The molecule has 15 heavy (non-hydrogen) atoms. The van der Waals surface area contributed by atoms with Crippen molar-refractivity contribution in [3.05, 3.63) is 0 Å². The Bertz CT molecular complexity index is 172. The first kappa shape index (κ1) is 11.7. The molecule has 0 amide bonds. The molecule has 2 saturated heterocycles. The van der Waals surface area contributed by atoms with Crippen molar-refractivity contribution in [1.82, 2.24) is 10.2 Å². The molecule has 0 aliphatic carbocycles. The summed E-state index contributed by atoms with van der Waals surface area (Å²) < 4.78 is 0. The van der Waals surface area contributed by atoms with Gasteiger partial charge < -0.3 is 10.2 Å². The third kappa shape index (κ3) is 3.36. The minimum absolute atomic E-state index is 0.819. The molecular formula is C12H24N2S. The molecule has 1 N–H and O–H groups in total. The number of unbranched alkanes of at least 4 members (excludes halogenated alkanes) is 1. The Hall–Kier alpha value is 0.270. The van der Waals surface area contributed by atoms with Gasteiger partial charge >= 0.3 is 0 Å². The number of thioether (sulfide) groups is 1. The zero-order valence-corrected chi connectivity index (χ0v) is 10.7. The van der Waals surface area contributed by atoms with E-state index in [-0.39, 0.29) is 0 Å². The van der Waals surface area contributed by atoms with Crippen LogP contribution in [0.3, 0.4) is 0 Å². The smallest absolute Gasteiger partial charge is 0.0235 e. The van der Waals surface area contributed by atoms with Gasteiger partial charge in [-0.05, 0) is 56.7 Å². The van der Waals surface area contributed by atoms with Crippen LogP contribution in [0.1, 0.15) is 25.7 Å². The standard InChI is InChI=1S/C12H24N2S/c1-15-8-3-2-7-14-9-11-5-4-6-13-12(11)10-14/h11-13H,2-10H2,1H3/t11-,12+/m0/s1. The van der Waals surface area contributed by atoms with Crippen molar-refractivity contribution in [2.24, 2.45) is 5.92 Å². The van der Waals surface area contributed by atoms with E-state index in [0.717, 1.165) is 12.0 Å². The molecule has 2 heterocycles. The molecule has 0 aromatic rings. The topological polar surface area (TPSA) is 15.3 Å². The second-order valence-corrected chi connectivity index (χ2v) is 5.91. The fraction of sp³-hybridized carbons (Fsp3) is 1.00. The lowest BCUT2D eigenvalue weighted by Crippen LogP contribution is -2.40. The van der Waals surface area contributed by atoms with E-state index in [1.165, 1.54) is 57.6 Å². The summed E-state index contributed by atoms with van der Waals surface area (Å²) in [5, 5.41) is 3.67. The molecule has 0 unspecified atom stereocenters. The van der Waals surface area contributed by atoms with E-state index >= 15 is 0 Å². The van der Waals surface area contributed by atoms with E-state index in [4.69, 9.17) is 0 Å². The summed E-state index contributed by atoms with van der Waals surface area (Å²) in [7, 11) is 0. The van der Waals surface area contributed by atoms with E-state index in [1.54, 1.807) is 0 Å². The van der Waals surface area contributed by atoms with Crippen molar-refractivity contribution >= 4 is 11.8 Å². The molecule has 0 bridgehead atoms. The molecule has 2 aliphatic heterocycles. The first-order valence-corrected chi connectivity index (χ1v) is 7.74. The average molecular weight is 228 g/mol. The Kier molecular flexibility index (Phi) is 4.79. The van der Waals surface area contributed by atoms with Crippen molar-refractivity contribution in [3.63, 3.8) is 0 Å². The van der Waals surface area contributed by atoms with Gasteiger partial charge in [-0.15, -0.1) is 0 Å². The van der Waals surface area contributed by atoms with Gasteiger partial charge in [0.15, 0.2) is 0 Å². The SMILES string of the molecule is CSCCCCN1C[C@@H]2CCCN[C@@H]2C1.